The third-order valence-corrected chi connectivity index (χ3v) is 5.16. The summed E-state index contributed by atoms with van der Waals surface area (Å²) in [5.41, 5.74) is 2.07. The molecule has 2 rings (SSSR count). The smallest absolute Gasteiger partial charge is 0.249 e. The lowest BCUT2D eigenvalue weighted by molar-refractivity contribution is -0.127. The fourth-order valence-corrected chi connectivity index (χ4v) is 3.13. The summed E-state index contributed by atoms with van der Waals surface area (Å²) in [4.78, 5) is 24.5. The topological polar surface area (TPSA) is 84.0 Å². The number of rotatable bonds is 7. The molecule has 1 aromatic heterocycles. The minimum atomic E-state index is -0.705. The van der Waals surface area contributed by atoms with Crippen LogP contribution in [-0.4, -0.2) is 33.4 Å². The van der Waals surface area contributed by atoms with Crippen LogP contribution < -0.4 is 10.6 Å². The zero-order chi connectivity index (χ0) is 19.3. The van der Waals surface area contributed by atoms with Gasteiger partial charge in [-0.3, -0.25) is 14.9 Å². The summed E-state index contributed by atoms with van der Waals surface area (Å²) in [5, 5.41) is 14.1. The number of benzene rings is 1. The summed E-state index contributed by atoms with van der Waals surface area (Å²) in [7, 11) is 0. The van der Waals surface area contributed by atoms with Crippen LogP contribution in [0.15, 0.2) is 24.3 Å². The van der Waals surface area contributed by atoms with Gasteiger partial charge in [0.05, 0.1) is 0 Å². The van der Waals surface area contributed by atoms with E-state index >= 15 is 0 Å². The first kappa shape index (κ1) is 20.3. The first-order valence-electron chi connectivity index (χ1n) is 8.47. The monoisotopic (exact) mass is 394 g/mol. The van der Waals surface area contributed by atoms with Gasteiger partial charge in [0, 0.05) is 5.56 Å². The molecule has 0 fully saturated rings. The van der Waals surface area contributed by atoms with E-state index in [-0.39, 0.29) is 17.7 Å². The van der Waals surface area contributed by atoms with Crippen LogP contribution in [0.4, 0.5) is 5.13 Å². The number of aromatic nitrogens is 2. The van der Waals surface area contributed by atoms with Crippen LogP contribution >= 0.6 is 22.9 Å². The van der Waals surface area contributed by atoms with Crippen LogP contribution in [0.3, 0.4) is 0 Å². The van der Waals surface area contributed by atoms with Gasteiger partial charge < -0.3 is 5.32 Å². The van der Waals surface area contributed by atoms with Gasteiger partial charge in [0.15, 0.2) is 0 Å². The molecule has 2 N–H and O–H groups in total. The SMILES string of the molecule is CCC(C)C(NC(=O)C(C)Cl)C(=O)Nc1nnc(-c2cccc(C)c2)s1. The molecule has 0 spiro atoms. The van der Waals surface area contributed by atoms with Crippen molar-refractivity contribution in [2.75, 3.05) is 5.32 Å². The van der Waals surface area contributed by atoms with E-state index in [9.17, 15) is 9.59 Å². The number of nitrogens with one attached hydrogen (secondary N) is 2. The highest BCUT2D eigenvalue weighted by molar-refractivity contribution is 7.18. The fourth-order valence-electron chi connectivity index (χ4n) is 2.32. The highest BCUT2D eigenvalue weighted by atomic mass is 35.5. The summed E-state index contributed by atoms with van der Waals surface area (Å²) < 4.78 is 0. The number of hydrogen-bond donors (Lipinski definition) is 2. The van der Waals surface area contributed by atoms with E-state index in [4.69, 9.17) is 11.6 Å². The maximum atomic E-state index is 12.6. The van der Waals surface area contributed by atoms with Crippen LogP contribution in [0.1, 0.15) is 32.8 Å². The van der Waals surface area contributed by atoms with Crippen LogP contribution in [0.5, 0.6) is 0 Å². The van der Waals surface area contributed by atoms with Crippen LogP contribution in [-0.2, 0) is 9.59 Å². The standard InChI is InChI=1S/C18H23ClN4O2S/c1-5-11(3)14(20-15(24)12(4)19)16(25)21-18-23-22-17(26-18)13-8-6-7-10(2)9-13/h6-9,11-12,14H,5H2,1-4H3,(H,20,24)(H,21,23,25). The van der Waals surface area contributed by atoms with Gasteiger partial charge in [-0.15, -0.1) is 21.8 Å². The number of aryl methyl sites for hydroxylation is 1. The van der Waals surface area contributed by atoms with Gasteiger partial charge in [-0.05, 0) is 25.8 Å². The second kappa shape index (κ2) is 9.09. The Bertz CT molecular complexity index is 778. The van der Waals surface area contributed by atoms with Crippen molar-refractivity contribution in [3.05, 3.63) is 29.8 Å². The number of halogens is 1. The van der Waals surface area contributed by atoms with Gasteiger partial charge in [-0.25, -0.2) is 0 Å². The molecule has 6 nitrogen and oxygen atoms in total. The first-order valence-corrected chi connectivity index (χ1v) is 9.73. The highest BCUT2D eigenvalue weighted by Gasteiger charge is 2.28. The minimum absolute atomic E-state index is 0.0430. The molecular formula is C18H23ClN4O2S. The average Bonchev–Trinajstić information content (AvgIpc) is 3.07. The number of hydrogen-bond acceptors (Lipinski definition) is 5. The Balaban J connectivity index is 2.12. The van der Waals surface area contributed by atoms with E-state index in [0.717, 1.165) is 22.6 Å². The summed E-state index contributed by atoms with van der Waals surface area (Å²) in [6.07, 6.45) is 0.736. The molecule has 26 heavy (non-hydrogen) atoms. The van der Waals surface area contributed by atoms with E-state index in [1.165, 1.54) is 11.3 Å². The minimum Gasteiger partial charge on any atom is -0.343 e. The molecule has 0 bridgehead atoms. The van der Waals surface area contributed by atoms with E-state index in [1.54, 1.807) is 6.92 Å². The van der Waals surface area contributed by atoms with E-state index in [0.29, 0.717) is 5.13 Å². The molecule has 2 amide bonds. The summed E-state index contributed by atoms with van der Waals surface area (Å²) in [5.74, 6) is -0.736. The van der Waals surface area contributed by atoms with E-state index in [1.807, 2.05) is 45.0 Å². The second-order valence-corrected chi connectivity index (χ2v) is 7.89. The molecular weight excluding hydrogens is 372 g/mol. The second-order valence-electron chi connectivity index (χ2n) is 6.26. The van der Waals surface area contributed by atoms with Crippen LogP contribution in [0.2, 0.25) is 0 Å². The molecule has 1 aromatic carbocycles. The largest absolute Gasteiger partial charge is 0.343 e. The molecule has 0 aliphatic carbocycles. The summed E-state index contributed by atoms with van der Waals surface area (Å²) in [6, 6.07) is 7.23. The number of nitrogens with zero attached hydrogens (tertiary/aromatic N) is 2. The van der Waals surface area contributed by atoms with Gasteiger partial charge in [-0.1, -0.05) is 55.4 Å². The number of carbonyl (C=O) groups is 2. The molecule has 8 heteroatoms. The summed E-state index contributed by atoms with van der Waals surface area (Å²) >= 11 is 7.10. The van der Waals surface area contributed by atoms with Crippen molar-refractivity contribution >= 4 is 39.9 Å². The van der Waals surface area contributed by atoms with Crippen molar-refractivity contribution < 1.29 is 9.59 Å². The molecule has 0 aliphatic rings. The van der Waals surface area contributed by atoms with Crippen molar-refractivity contribution in [3.8, 4) is 10.6 Å². The highest BCUT2D eigenvalue weighted by Crippen LogP contribution is 2.27. The number of anilines is 1. The van der Waals surface area contributed by atoms with E-state index < -0.39 is 11.4 Å². The molecule has 0 radical (unpaired) electrons. The van der Waals surface area contributed by atoms with Crippen molar-refractivity contribution in [1.29, 1.82) is 0 Å². The Kier molecular flexibility index (Phi) is 7.11. The van der Waals surface area contributed by atoms with Crippen molar-refractivity contribution in [1.82, 2.24) is 15.5 Å². The first-order chi connectivity index (χ1) is 12.3. The fraction of sp³-hybridized carbons (Fsp3) is 0.444. The number of carbonyl (C=O) groups excluding carboxylic acids is 2. The molecule has 0 saturated carbocycles. The molecule has 3 atom stereocenters. The third kappa shape index (κ3) is 5.25. The zero-order valence-corrected chi connectivity index (χ0v) is 16.8. The Morgan fingerprint density at radius 1 is 1.23 bits per heavy atom. The van der Waals surface area contributed by atoms with Crippen molar-refractivity contribution in [2.45, 2.75) is 45.5 Å². The molecule has 1 heterocycles. The quantitative estimate of drug-likeness (QED) is 0.702. The van der Waals surface area contributed by atoms with Crippen LogP contribution in [0, 0.1) is 12.8 Å². The number of alkyl halides is 1. The Labute approximate surface area is 162 Å². The van der Waals surface area contributed by atoms with Gasteiger partial charge in [0.25, 0.3) is 0 Å². The maximum absolute atomic E-state index is 12.6. The van der Waals surface area contributed by atoms with Gasteiger partial charge in [-0.2, -0.15) is 0 Å². The number of amides is 2. The molecule has 3 unspecified atom stereocenters. The lowest BCUT2D eigenvalue weighted by Crippen LogP contribution is -2.49. The lowest BCUT2D eigenvalue weighted by Gasteiger charge is -2.23. The Morgan fingerprint density at radius 3 is 2.58 bits per heavy atom. The average molecular weight is 395 g/mol. The maximum Gasteiger partial charge on any atom is 0.249 e. The summed E-state index contributed by atoms with van der Waals surface area (Å²) in [6.45, 7) is 7.44. The van der Waals surface area contributed by atoms with Crippen molar-refractivity contribution in [2.24, 2.45) is 5.92 Å². The molecule has 0 saturated heterocycles. The van der Waals surface area contributed by atoms with Gasteiger partial charge in [0.2, 0.25) is 16.9 Å². The zero-order valence-electron chi connectivity index (χ0n) is 15.2. The third-order valence-electron chi connectivity index (χ3n) is 4.07. The van der Waals surface area contributed by atoms with Gasteiger partial charge in [0.1, 0.15) is 16.4 Å². The predicted octanol–water partition coefficient (Wildman–Crippen LogP) is 3.61. The van der Waals surface area contributed by atoms with Crippen LogP contribution in [0.25, 0.3) is 10.6 Å². The molecule has 0 aliphatic heterocycles. The van der Waals surface area contributed by atoms with Gasteiger partial charge >= 0.3 is 0 Å². The molecule has 2 aromatic rings. The normalized spacial score (nSPS) is 14.3. The van der Waals surface area contributed by atoms with E-state index in [2.05, 4.69) is 20.8 Å². The van der Waals surface area contributed by atoms with Crippen molar-refractivity contribution in [3.63, 3.8) is 0 Å². The predicted molar refractivity (Wildman–Crippen MR) is 105 cm³/mol. The Hall–Kier alpha value is -1.99. The lowest BCUT2D eigenvalue weighted by atomic mass is 9.98. The Morgan fingerprint density at radius 2 is 1.96 bits per heavy atom. The molecule has 140 valence electrons.